The van der Waals surface area contributed by atoms with Gasteiger partial charge >= 0.3 is 5.97 Å². The quantitative estimate of drug-likeness (QED) is 0.187. The molecule has 0 aromatic rings. The van der Waals surface area contributed by atoms with Crippen LogP contribution < -0.4 is 10.6 Å². The lowest BCUT2D eigenvalue weighted by atomic mass is 9.94. The summed E-state index contributed by atoms with van der Waals surface area (Å²) in [4.78, 5) is 37.4. The summed E-state index contributed by atoms with van der Waals surface area (Å²) < 4.78 is 10.3. The number of esters is 1. The number of allylic oxidation sites excluding steroid dienone is 1. The first-order valence-electron chi connectivity index (χ1n) is 11.2. The number of ether oxygens (including phenoxy) is 2. The van der Waals surface area contributed by atoms with E-state index in [1.54, 1.807) is 26.8 Å². The van der Waals surface area contributed by atoms with Gasteiger partial charge in [-0.05, 0) is 32.6 Å². The molecule has 0 aromatic heterocycles. The van der Waals surface area contributed by atoms with Gasteiger partial charge in [0.15, 0.2) is 6.10 Å². The van der Waals surface area contributed by atoms with E-state index in [0.717, 1.165) is 7.11 Å². The fourth-order valence-electron chi connectivity index (χ4n) is 2.76. The van der Waals surface area contributed by atoms with Gasteiger partial charge in [-0.15, -0.1) is 6.58 Å². The molecule has 0 aliphatic heterocycles. The Bertz CT molecular complexity index is 709. The molecule has 0 rings (SSSR count). The van der Waals surface area contributed by atoms with Crippen LogP contribution in [0, 0.1) is 5.41 Å². The van der Waals surface area contributed by atoms with Crippen LogP contribution in [0.4, 0.5) is 0 Å². The fourth-order valence-corrected chi connectivity index (χ4v) is 2.76. The van der Waals surface area contributed by atoms with E-state index >= 15 is 0 Å². The Morgan fingerprint density at radius 2 is 1.59 bits per heavy atom. The normalized spacial score (nSPS) is 16.8. The highest BCUT2D eigenvalue weighted by Crippen LogP contribution is 2.17. The number of aliphatic hydroxyl groups excluding tert-OH is 3. The van der Waals surface area contributed by atoms with Gasteiger partial charge in [0.25, 0.3) is 5.91 Å². The van der Waals surface area contributed by atoms with E-state index in [9.17, 15) is 29.7 Å². The third-order valence-corrected chi connectivity index (χ3v) is 4.43. The van der Waals surface area contributed by atoms with Gasteiger partial charge < -0.3 is 35.4 Å². The molecule has 0 unspecified atom stereocenters. The molecule has 0 radical (unpaired) electrons. The van der Waals surface area contributed by atoms with Gasteiger partial charge in [0.05, 0.1) is 0 Å². The average Bonchev–Trinajstić information content (AvgIpc) is 2.71. The Hall–Kier alpha value is -2.27. The minimum atomic E-state index is -1.80. The van der Waals surface area contributed by atoms with Crippen LogP contribution in [0.2, 0.25) is 0 Å². The Balaban J connectivity index is 5.40. The number of carbonyl (C=O) groups excluding carboxylic acids is 3. The lowest BCUT2D eigenvalue weighted by Gasteiger charge is -2.28. The van der Waals surface area contributed by atoms with Crippen molar-refractivity contribution >= 4 is 17.8 Å². The van der Waals surface area contributed by atoms with Crippen molar-refractivity contribution in [3.8, 4) is 0 Å². The van der Waals surface area contributed by atoms with Crippen LogP contribution in [0.15, 0.2) is 24.8 Å². The molecule has 10 heteroatoms. The van der Waals surface area contributed by atoms with Crippen LogP contribution >= 0.6 is 0 Å². The number of carbonyl (C=O) groups is 3. The van der Waals surface area contributed by atoms with Gasteiger partial charge in [-0.2, -0.15) is 0 Å². The number of amides is 2. The minimum Gasteiger partial charge on any atom is -0.460 e. The molecular formula is C24H42N2O8. The summed E-state index contributed by atoms with van der Waals surface area (Å²) in [5.74, 6) is -2.02. The van der Waals surface area contributed by atoms with Crippen molar-refractivity contribution < 1.29 is 39.2 Å². The van der Waals surface area contributed by atoms with E-state index in [2.05, 4.69) is 17.2 Å². The van der Waals surface area contributed by atoms with Crippen LogP contribution in [0.25, 0.3) is 0 Å². The maximum atomic E-state index is 12.8. The molecule has 0 aliphatic rings. The van der Waals surface area contributed by atoms with Crippen LogP contribution in [0.1, 0.15) is 54.4 Å². The van der Waals surface area contributed by atoms with Gasteiger partial charge in [-0.25, -0.2) is 0 Å². The van der Waals surface area contributed by atoms with Crippen molar-refractivity contribution in [3.05, 3.63) is 24.8 Å². The van der Waals surface area contributed by atoms with E-state index in [0.29, 0.717) is 0 Å². The highest BCUT2D eigenvalue weighted by molar-refractivity contribution is 5.90. The van der Waals surface area contributed by atoms with Crippen molar-refractivity contribution in [1.29, 1.82) is 0 Å². The predicted molar refractivity (Wildman–Crippen MR) is 128 cm³/mol. The first-order chi connectivity index (χ1) is 15.5. The van der Waals surface area contributed by atoms with Gasteiger partial charge in [-0.1, -0.05) is 39.0 Å². The fraction of sp³-hybridized carbons (Fsp3) is 0.708. The van der Waals surface area contributed by atoms with E-state index in [1.165, 1.54) is 12.2 Å². The lowest BCUT2D eigenvalue weighted by Crippen LogP contribution is -2.55. The second kappa shape index (κ2) is 14.2. The Morgan fingerprint density at radius 3 is 2.06 bits per heavy atom. The SMILES string of the molecule is C=CCNC(=O)[C@H](CCC(=O)OC(C)(C)C)NC(=O)[C@H](OC)[C@H](O)[C@@H](O)[C@H](O)/C=C/C(C)(C)C. The van der Waals surface area contributed by atoms with Crippen LogP contribution in [-0.2, 0) is 23.9 Å². The number of methoxy groups -OCH3 is 1. The monoisotopic (exact) mass is 486 g/mol. The average molecular weight is 487 g/mol. The lowest BCUT2D eigenvalue weighted by molar-refractivity contribution is -0.156. The van der Waals surface area contributed by atoms with Gasteiger partial charge in [-0.3, -0.25) is 14.4 Å². The van der Waals surface area contributed by atoms with Crippen molar-refractivity contribution in [1.82, 2.24) is 10.6 Å². The Labute approximate surface area is 202 Å². The molecule has 10 nitrogen and oxygen atoms in total. The molecule has 0 fully saturated rings. The smallest absolute Gasteiger partial charge is 0.306 e. The third kappa shape index (κ3) is 12.8. The Kier molecular flexibility index (Phi) is 13.3. The number of rotatable bonds is 13. The van der Waals surface area contributed by atoms with E-state index in [-0.39, 0.29) is 24.8 Å². The van der Waals surface area contributed by atoms with Crippen LogP contribution in [-0.4, -0.2) is 82.8 Å². The van der Waals surface area contributed by atoms with Crippen molar-refractivity contribution in [2.75, 3.05) is 13.7 Å². The molecule has 5 N–H and O–H groups in total. The molecule has 0 spiro atoms. The second-order valence-corrected chi connectivity index (χ2v) is 10.1. The zero-order chi connectivity index (χ0) is 26.7. The summed E-state index contributed by atoms with van der Waals surface area (Å²) in [6.07, 6.45) is -2.37. The maximum Gasteiger partial charge on any atom is 0.306 e. The second-order valence-electron chi connectivity index (χ2n) is 10.1. The first kappa shape index (κ1) is 31.7. The summed E-state index contributed by atoms with van der Waals surface area (Å²) in [6.45, 7) is 14.4. The molecule has 196 valence electrons. The van der Waals surface area contributed by atoms with Crippen molar-refractivity contribution in [2.24, 2.45) is 5.41 Å². The van der Waals surface area contributed by atoms with Gasteiger partial charge in [0.1, 0.15) is 30.0 Å². The highest BCUT2D eigenvalue weighted by Gasteiger charge is 2.37. The molecule has 0 aliphatic carbocycles. The molecule has 2 amide bonds. The van der Waals surface area contributed by atoms with Crippen LogP contribution in [0.5, 0.6) is 0 Å². The number of nitrogens with one attached hydrogen (secondary N) is 2. The molecule has 0 heterocycles. The number of hydrogen-bond donors (Lipinski definition) is 5. The summed E-state index contributed by atoms with van der Waals surface area (Å²) in [7, 11) is 1.14. The predicted octanol–water partition coefficient (Wildman–Crippen LogP) is 0.595. The molecule has 0 bridgehead atoms. The van der Waals surface area contributed by atoms with Crippen molar-refractivity contribution in [3.63, 3.8) is 0 Å². The minimum absolute atomic E-state index is 0.0738. The van der Waals surface area contributed by atoms with Crippen molar-refractivity contribution in [2.45, 2.75) is 90.4 Å². The van der Waals surface area contributed by atoms with Gasteiger partial charge in [0.2, 0.25) is 5.91 Å². The maximum absolute atomic E-state index is 12.8. The van der Waals surface area contributed by atoms with E-state index < -0.39 is 53.8 Å². The zero-order valence-corrected chi connectivity index (χ0v) is 21.3. The standard InChI is InChI=1S/C24H42N2O8/c1-9-14-25-21(31)15(10-11-17(28)34-24(5,6)7)26-22(32)20(33-8)19(30)18(29)16(27)12-13-23(2,3)4/h9,12-13,15-16,18-20,27,29-30H,1,10-11,14H2,2-8H3,(H,25,31)(H,26,32)/b13-12+/t15-,16+,18-,19+,20+/m0/s1. The first-order valence-corrected chi connectivity index (χ1v) is 11.2. The molecule has 0 saturated carbocycles. The van der Waals surface area contributed by atoms with Gasteiger partial charge in [0, 0.05) is 20.1 Å². The molecule has 0 aromatic carbocycles. The largest absolute Gasteiger partial charge is 0.460 e. The molecular weight excluding hydrogens is 444 g/mol. The summed E-state index contributed by atoms with van der Waals surface area (Å²) in [5, 5.41) is 35.9. The van der Waals surface area contributed by atoms with E-state index in [1.807, 2.05) is 20.8 Å². The molecule has 34 heavy (non-hydrogen) atoms. The summed E-state index contributed by atoms with van der Waals surface area (Å²) >= 11 is 0. The highest BCUT2D eigenvalue weighted by atomic mass is 16.6. The number of hydrogen-bond acceptors (Lipinski definition) is 8. The molecule has 5 atom stereocenters. The topological polar surface area (TPSA) is 154 Å². The zero-order valence-electron chi connectivity index (χ0n) is 21.3. The van der Waals surface area contributed by atoms with E-state index in [4.69, 9.17) is 9.47 Å². The Morgan fingerprint density at radius 1 is 1.00 bits per heavy atom. The summed E-state index contributed by atoms with van der Waals surface area (Å²) in [5.41, 5.74) is -0.978. The number of aliphatic hydroxyl groups is 3. The summed E-state index contributed by atoms with van der Waals surface area (Å²) in [6, 6.07) is -1.15. The third-order valence-electron chi connectivity index (χ3n) is 4.43. The van der Waals surface area contributed by atoms with Crippen LogP contribution in [0.3, 0.4) is 0 Å². The molecule has 0 saturated heterocycles.